The van der Waals surface area contributed by atoms with Crippen molar-refractivity contribution in [3.8, 4) is 11.5 Å². The largest absolute Gasteiger partial charge is 0.483 e. The number of hydrogen-bond acceptors (Lipinski definition) is 4. The van der Waals surface area contributed by atoms with Crippen molar-refractivity contribution in [1.82, 2.24) is 4.90 Å². The molecule has 0 bridgehead atoms. The number of carbonyl (C=O) groups excluding carboxylic acids is 2. The van der Waals surface area contributed by atoms with Gasteiger partial charge in [-0.15, -0.1) is 0 Å². The average Bonchev–Trinajstić information content (AvgIpc) is 2.95. The van der Waals surface area contributed by atoms with Gasteiger partial charge in [0.2, 0.25) is 5.91 Å². The number of anilines is 1. The highest BCUT2D eigenvalue weighted by atomic mass is 19.1. The normalized spacial score (nSPS) is 14.0. The third-order valence-electron chi connectivity index (χ3n) is 4.34. The lowest BCUT2D eigenvalue weighted by atomic mass is 10.0. The first-order chi connectivity index (χ1) is 13.2. The molecule has 0 aliphatic carbocycles. The Labute approximate surface area is 163 Å². The van der Waals surface area contributed by atoms with Crippen molar-refractivity contribution in [2.24, 2.45) is 0 Å². The van der Waals surface area contributed by atoms with E-state index < -0.39 is 0 Å². The van der Waals surface area contributed by atoms with Crippen LogP contribution in [0.15, 0.2) is 42.5 Å². The number of halogens is 1. The number of ether oxygens (including phenoxy) is 2. The van der Waals surface area contributed by atoms with Crippen molar-refractivity contribution >= 4 is 17.5 Å². The fourth-order valence-corrected chi connectivity index (χ4v) is 2.99. The van der Waals surface area contributed by atoms with E-state index in [0.717, 1.165) is 12.0 Å². The number of benzene rings is 2. The van der Waals surface area contributed by atoms with Gasteiger partial charge in [0.1, 0.15) is 11.4 Å². The summed E-state index contributed by atoms with van der Waals surface area (Å²) in [5, 5.41) is 2.61. The average molecular weight is 386 g/mol. The first kappa shape index (κ1) is 19.7. The van der Waals surface area contributed by atoms with Crippen LogP contribution in [0.4, 0.5) is 10.1 Å². The minimum absolute atomic E-state index is 0.143. The standard InChI is InChI=1S/C21H23FN2O4/c1-21(2)11-14-5-4-6-17(20(14)28-21)27-13-19(26)24(3)12-18(25)23-16-9-7-15(22)8-10-16/h4-10H,11-13H2,1-3H3,(H,23,25). The van der Waals surface area contributed by atoms with Crippen LogP contribution in [0.25, 0.3) is 0 Å². The summed E-state index contributed by atoms with van der Waals surface area (Å²) in [6.45, 7) is 3.64. The van der Waals surface area contributed by atoms with E-state index in [1.807, 2.05) is 26.0 Å². The number of hydrogen-bond donors (Lipinski definition) is 1. The van der Waals surface area contributed by atoms with Crippen molar-refractivity contribution in [3.05, 3.63) is 53.8 Å². The Morgan fingerprint density at radius 3 is 2.64 bits per heavy atom. The van der Waals surface area contributed by atoms with Gasteiger partial charge in [0.15, 0.2) is 18.1 Å². The number of nitrogens with one attached hydrogen (secondary N) is 1. The molecular formula is C21H23FN2O4. The maximum Gasteiger partial charge on any atom is 0.260 e. The second-order valence-corrected chi connectivity index (χ2v) is 7.38. The number of carbonyl (C=O) groups is 2. The van der Waals surface area contributed by atoms with Crippen LogP contribution in [0, 0.1) is 5.82 Å². The molecule has 2 amide bonds. The predicted octanol–water partition coefficient (Wildman–Crippen LogP) is 3.02. The zero-order chi connectivity index (χ0) is 20.3. The first-order valence-electron chi connectivity index (χ1n) is 8.96. The van der Waals surface area contributed by atoms with Gasteiger partial charge in [-0.3, -0.25) is 9.59 Å². The van der Waals surface area contributed by atoms with Crippen LogP contribution in [0.3, 0.4) is 0 Å². The van der Waals surface area contributed by atoms with Crippen LogP contribution >= 0.6 is 0 Å². The summed E-state index contributed by atoms with van der Waals surface area (Å²) >= 11 is 0. The molecule has 1 N–H and O–H groups in total. The Morgan fingerprint density at radius 1 is 1.21 bits per heavy atom. The molecule has 1 heterocycles. The minimum Gasteiger partial charge on any atom is -0.483 e. The summed E-state index contributed by atoms with van der Waals surface area (Å²) in [4.78, 5) is 25.6. The van der Waals surface area contributed by atoms with Crippen molar-refractivity contribution in [2.45, 2.75) is 25.9 Å². The number of amides is 2. The van der Waals surface area contributed by atoms with E-state index in [-0.39, 0.29) is 36.4 Å². The van der Waals surface area contributed by atoms with E-state index >= 15 is 0 Å². The summed E-state index contributed by atoms with van der Waals surface area (Å²) in [5.74, 6) is 0.0667. The van der Waals surface area contributed by atoms with Gasteiger partial charge >= 0.3 is 0 Å². The lowest BCUT2D eigenvalue weighted by molar-refractivity contribution is -0.135. The molecule has 0 radical (unpaired) electrons. The van der Waals surface area contributed by atoms with Gasteiger partial charge in [-0.1, -0.05) is 12.1 Å². The zero-order valence-electron chi connectivity index (χ0n) is 16.1. The topological polar surface area (TPSA) is 67.9 Å². The Hall–Kier alpha value is -3.09. The molecule has 0 spiro atoms. The molecule has 1 aliphatic heterocycles. The molecular weight excluding hydrogens is 363 g/mol. The van der Waals surface area contributed by atoms with E-state index in [1.165, 1.54) is 36.2 Å². The SMILES string of the molecule is CN(CC(=O)Nc1ccc(F)cc1)C(=O)COc1cccc2c1OC(C)(C)C2. The van der Waals surface area contributed by atoms with E-state index in [2.05, 4.69) is 5.32 Å². The molecule has 0 fully saturated rings. The number of rotatable bonds is 6. The van der Waals surface area contributed by atoms with Gasteiger partial charge in [-0.2, -0.15) is 0 Å². The van der Waals surface area contributed by atoms with Crippen LogP contribution in [-0.2, 0) is 16.0 Å². The molecule has 2 aromatic rings. The minimum atomic E-state index is -0.387. The number of para-hydroxylation sites is 1. The predicted molar refractivity (Wildman–Crippen MR) is 103 cm³/mol. The summed E-state index contributed by atoms with van der Waals surface area (Å²) < 4.78 is 24.5. The molecule has 0 saturated heterocycles. The second kappa shape index (κ2) is 7.88. The summed E-state index contributed by atoms with van der Waals surface area (Å²) in [6, 6.07) is 11.0. The Kier molecular flexibility index (Phi) is 5.53. The molecule has 7 heteroatoms. The van der Waals surface area contributed by atoms with Gasteiger partial charge < -0.3 is 19.7 Å². The van der Waals surface area contributed by atoms with Crippen molar-refractivity contribution < 1.29 is 23.5 Å². The van der Waals surface area contributed by atoms with Gasteiger partial charge in [-0.25, -0.2) is 4.39 Å². The molecule has 1 aliphatic rings. The van der Waals surface area contributed by atoms with Crippen LogP contribution in [0.2, 0.25) is 0 Å². The highest BCUT2D eigenvalue weighted by molar-refractivity contribution is 5.94. The highest BCUT2D eigenvalue weighted by Crippen LogP contribution is 2.41. The quantitative estimate of drug-likeness (QED) is 0.829. The van der Waals surface area contributed by atoms with Crippen molar-refractivity contribution in [1.29, 1.82) is 0 Å². The van der Waals surface area contributed by atoms with Crippen LogP contribution in [0.1, 0.15) is 19.4 Å². The molecule has 0 saturated carbocycles. The van der Waals surface area contributed by atoms with Crippen molar-refractivity contribution in [2.75, 3.05) is 25.5 Å². The molecule has 6 nitrogen and oxygen atoms in total. The summed E-state index contributed by atoms with van der Waals surface area (Å²) in [7, 11) is 1.52. The van der Waals surface area contributed by atoms with E-state index in [9.17, 15) is 14.0 Å². The smallest absolute Gasteiger partial charge is 0.260 e. The van der Waals surface area contributed by atoms with E-state index in [1.54, 1.807) is 6.07 Å². The number of nitrogens with zero attached hydrogens (tertiary/aromatic N) is 1. The Balaban J connectivity index is 1.52. The van der Waals surface area contributed by atoms with Crippen LogP contribution in [0.5, 0.6) is 11.5 Å². The Bertz CT molecular complexity index is 880. The number of fused-ring (bicyclic) bond motifs is 1. The molecule has 0 unspecified atom stereocenters. The molecule has 148 valence electrons. The Morgan fingerprint density at radius 2 is 1.93 bits per heavy atom. The number of likely N-dealkylation sites (N-methyl/N-ethyl adjacent to an activating group) is 1. The monoisotopic (exact) mass is 386 g/mol. The molecule has 3 rings (SSSR count). The summed E-state index contributed by atoms with van der Waals surface area (Å²) in [6.07, 6.45) is 0.775. The third kappa shape index (κ3) is 4.79. The highest BCUT2D eigenvalue weighted by Gasteiger charge is 2.32. The lowest BCUT2D eigenvalue weighted by Gasteiger charge is -2.19. The van der Waals surface area contributed by atoms with Gasteiger partial charge in [-0.05, 0) is 44.2 Å². The van der Waals surface area contributed by atoms with E-state index in [0.29, 0.717) is 17.2 Å². The van der Waals surface area contributed by atoms with Crippen molar-refractivity contribution in [3.63, 3.8) is 0 Å². The summed E-state index contributed by atoms with van der Waals surface area (Å²) in [5.41, 5.74) is 1.20. The third-order valence-corrected chi connectivity index (χ3v) is 4.34. The van der Waals surface area contributed by atoms with E-state index in [4.69, 9.17) is 9.47 Å². The molecule has 28 heavy (non-hydrogen) atoms. The molecule has 0 aromatic heterocycles. The molecule has 0 atom stereocenters. The maximum atomic E-state index is 12.9. The lowest BCUT2D eigenvalue weighted by Crippen LogP contribution is -2.37. The van der Waals surface area contributed by atoms with Crippen LogP contribution in [-0.4, -0.2) is 42.5 Å². The second-order valence-electron chi connectivity index (χ2n) is 7.38. The zero-order valence-corrected chi connectivity index (χ0v) is 16.1. The van der Waals surface area contributed by atoms with Gasteiger partial charge in [0, 0.05) is 24.7 Å². The van der Waals surface area contributed by atoms with Gasteiger partial charge in [0.25, 0.3) is 5.91 Å². The fourth-order valence-electron chi connectivity index (χ4n) is 2.99. The maximum absolute atomic E-state index is 12.9. The van der Waals surface area contributed by atoms with Crippen LogP contribution < -0.4 is 14.8 Å². The first-order valence-corrected chi connectivity index (χ1v) is 8.96. The molecule has 2 aromatic carbocycles. The fraction of sp³-hybridized carbons (Fsp3) is 0.333. The van der Waals surface area contributed by atoms with Gasteiger partial charge in [0.05, 0.1) is 6.54 Å².